The summed E-state index contributed by atoms with van der Waals surface area (Å²) in [6.07, 6.45) is 0.354. The fraction of sp³-hybridized carbons (Fsp3) is 0.267. The first-order valence-corrected chi connectivity index (χ1v) is 7.09. The largest absolute Gasteiger partial charge is 0.481 e. The van der Waals surface area contributed by atoms with Crippen LogP contribution in [0, 0.1) is 6.92 Å². The second kappa shape index (κ2) is 7.09. The highest BCUT2D eigenvalue weighted by molar-refractivity contribution is 6.33. The third-order valence-corrected chi connectivity index (χ3v) is 3.40. The molecule has 116 valence electrons. The van der Waals surface area contributed by atoms with Gasteiger partial charge in [0, 0.05) is 18.5 Å². The van der Waals surface area contributed by atoms with Crippen molar-refractivity contribution >= 4 is 23.5 Å². The second-order valence-electron chi connectivity index (χ2n) is 4.70. The van der Waals surface area contributed by atoms with E-state index in [0.29, 0.717) is 34.0 Å². The van der Waals surface area contributed by atoms with E-state index in [4.69, 9.17) is 21.2 Å². The Hall–Kier alpha value is -2.34. The van der Waals surface area contributed by atoms with Gasteiger partial charge in [-0.15, -0.1) is 0 Å². The summed E-state index contributed by atoms with van der Waals surface area (Å²) in [7, 11) is 0. The van der Waals surface area contributed by atoms with Crippen LogP contribution in [-0.2, 0) is 4.79 Å². The highest BCUT2D eigenvalue weighted by Crippen LogP contribution is 2.30. The smallest absolute Gasteiger partial charge is 0.303 e. The number of nitrogens with one attached hydrogen (secondary N) is 1. The van der Waals surface area contributed by atoms with Crippen molar-refractivity contribution in [2.24, 2.45) is 0 Å². The van der Waals surface area contributed by atoms with Gasteiger partial charge in [-0.05, 0) is 19.4 Å². The van der Waals surface area contributed by atoms with Crippen molar-refractivity contribution in [1.82, 2.24) is 10.5 Å². The molecule has 0 fully saturated rings. The molecule has 0 saturated carbocycles. The highest BCUT2D eigenvalue weighted by atomic mass is 35.5. The van der Waals surface area contributed by atoms with E-state index in [-0.39, 0.29) is 18.9 Å². The number of carbonyl (C=O) groups is 2. The summed E-state index contributed by atoms with van der Waals surface area (Å²) in [5.74, 6) is -0.878. The van der Waals surface area contributed by atoms with Crippen molar-refractivity contribution < 1.29 is 19.2 Å². The van der Waals surface area contributed by atoms with Gasteiger partial charge in [-0.3, -0.25) is 9.59 Å². The minimum Gasteiger partial charge on any atom is -0.481 e. The average Bonchev–Trinajstić information content (AvgIpc) is 2.85. The molecule has 0 radical (unpaired) electrons. The maximum absolute atomic E-state index is 12.3. The molecule has 0 aliphatic rings. The standard InChI is InChI=1S/C15H15ClN2O4/c1-9-13(15(21)17-8-4-7-12(19)20)14(18-22-9)10-5-2-3-6-11(10)16/h2-3,5-6H,4,7-8H2,1H3,(H,17,21)(H,19,20). The Bertz CT molecular complexity index is 697. The molecular weight excluding hydrogens is 308 g/mol. The van der Waals surface area contributed by atoms with Crippen LogP contribution in [0.3, 0.4) is 0 Å². The fourth-order valence-corrected chi connectivity index (χ4v) is 2.23. The quantitative estimate of drug-likeness (QED) is 0.798. The monoisotopic (exact) mass is 322 g/mol. The zero-order valence-electron chi connectivity index (χ0n) is 11.9. The van der Waals surface area contributed by atoms with Gasteiger partial charge in [0.1, 0.15) is 17.0 Å². The van der Waals surface area contributed by atoms with Gasteiger partial charge in [-0.1, -0.05) is 35.0 Å². The molecule has 2 aromatic rings. The number of hydrogen-bond acceptors (Lipinski definition) is 4. The molecule has 1 aromatic carbocycles. The molecule has 1 amide bonds. The van der Waals surface area contributed by atoms with E-state index >= 15 is 0 Å². The van der Waals surface area contributed by atoms with E-state index in [1.165, 1.54) is 0 Å². The summed E-state index contributed by atoms with van der Waals surface area (Å²) in [5.41, 5.74) is 1.29. The Morgan fingerprint density at radius 2 is 2.09 bits per heavy atom. The number of carboxylic acid groups (broad SMARTS) is 1. The molecule has 0 atom stereocenters. The van der Waals surface area contributed by atoms with Crippen LogP contribution in [0.1, 0.15) is 29.0 Å². The van der Waals surface area contributed by atoms with E-state index in [0.717, 1.165) is 0 Å². The lowest BCUT2D eigenvalue weighted by atomic mass is 10.1. The van der Waals surface area contributed by atoms with Gasteiger partial charge >= 0.3 is 5.97 Å². The molecule has 7 heteroatoms. The molecule has 0 saturated heterocycles. The number of carbonyl (C=O) groups excluding carboxylic acids is 1. The van der Waals surface area contributed by atoms with Crippen molar-refractivity contribution in [3.63, 3.8) is 0 Å². The predicted molar refractivity (Wildman–Crippen MR) is 80.9 cm³/mol. The minimum atomic E-state index is -0.896. The van der Waals surface area contributed by atoms with Crippen molar-refractivity contribution in [3.05, 3.63) is 40.6 Å². The first-order valence-electron chi connectivity index (χ1n) is 6.72. The number of nitrogens with zero attached hydrogens (tertiary/aromatic N) is 1. The number of rotatable bonds is 6. The van der Waals surface area contributed by atoms with E-state index in [1.807, 2.05) is 0 Å². The Kier molecular flexibility index (Phi) is 5.16. The van der Waals surface area contributed by atoms with Crippen LogP contribution < -0.4 is 5.32 Å². The SMILES string of the molecule is Cc1onc(-c2ccccc2Cl)c1C(=O)NCCCC(=O)O. The summed E-state index contributed by atoms with van der Waals surface area (Å²) < 4.78 is 5.11. The van der Waals surface area contributed by atoms with Gasteiger partial charge in [0.2, 0.25) is 0 Å². The third kappa shape index (κ3) is 3.65. The second-order valence-corrected chi connectivity index (χ2v) is 5.10. The maximum Gasteiger partial charge on any atom is 0.303 e. The van der Waals surface area contributed by atoms with Crippen LogP contribution in [-0.4, -0.2) is 28.7 Å². The van der Waals surface area contributed by atoms with Gasteiger partial charge in [0.25, 0.3) is 5.91 Å². The van der Waals surface area contributed by atoms with Crippen molar-refractivity contribution in [3.8, 4) is 11.3 Å². The number of amides is 1. The van der Waals surface area contributed by atoms with E-state index in [1.54, 1.807) is 31.2 Å². The molecule has 0 spiro atoms. The molecule has 0 unspecified atom stereocenters. The zero-order chi connectivity index (χ0) is 16.1. The van der Waals surface area contributed by atoms with Crippen LogP contribution in [0.15, 0.2) is 28.8 Å². The topological polar surface area (TPSA) is 92.4 Å². The van der Waals surface area contributed by atoms with Crippen LogP contribution >= 0.6 is 11.6 Å². The molecule has 6 nitrogen and oxygen atoms in total. The molecule has 0 aliphatic heterocycles. The Morgan fingerprint density at radius 3 is 2.77 bits per heavy atom. The lowest BCUT2D eigenvalue weighted by Crippen LogP contribution is -2.25. The Labute approximate surface area is 132 Å². The predicted octanol–water partition coefficient (Wildman–Crippen LogP) is 2.90. The molecule has 0 bridgehead atoms. The zero-order valence-corrected chi connectivity index (χ0v) is 12.7. The molecule has 22 heavy (non-hydrogen) atoms. The van der Waals surface area contributed by atoms with Gasteiger partial charge in [-0.25, -0.2) is 0 Å². The summed E-state index contributed by atoms with van der Waals surface area (Å²) in [6, 6.07) is 7.03. The molecule has 1 aromatic heterocycles. The van der Waals surface area contributed by atoms with E-state index in [2.05, 4.69) is 10.5 Å². The molecular formula is C15H15ClN2O4. The van der Waals surface area contributed by atoms with E-state index in [9.17, 15) is 9.59 Å². The number of benzene rings is 1. The molecule has 0 aliphatic carbocycles. The average molecular weight is 323 g/mol. The number of aryl methyl sites for hydroxylation is 1. The summed E-state index contributed by atoms with van der Waals surface area (Å²) in [6.45, 7) is 1.90. The van der Waals surface area contributed by atoms with Gasteiger partial charge < -0.3 is 14.9 Å². The summed E-state index contributed by atoms with van der Waals surface area (Å²) >= 11 is 6.13. The lowest BCUT2D eigenvalue weighted by Gasteiger charge is -2.06. The van der Waals surface area contributed by atoms with E-state index < -0.39 is 5.97 Å². The number of hydrogen-bond donors (Lipinski definition) is 2. The van der Waals surface area contributed by atoms with Crippen LogP contribution in [0.25, 0.3) is 11.3 Å². The minimum absolute atomic E-state index is 0.000267. The number of halogens is 1. The van der Waals surface area contributed by atoms with Crippen LogP contribution in [0.2, 0.25) is 5.02 Å². The van der Waals surface area contributed by atoms with Gasteiger partial charge in [0.05, 0.1) is 5.02 Å². The Balaban J connectivity index is 2.18. The van der Waals surface area contributed by atoms with Gasteiger partial charge in [-0.2, -0.15) is 0 Å². The maximum atomic E-state index is 12.3. The van der Waals surface area contributed by atoms with Crippen LogP contribution in [0.4, 0.5) is 0 Å². The first kappa shape index (κ1) is 16.0. The number of aliphatic carboxylic acids is 1. The summed E-state index contributed by atoms with van der Waals surface area (Å²) in [4.78, 5) is 22.7. The van der Waals surface area contributed by atoms with Crippen LogP contribution in [0.5, 0.6) is 0 Å². The number of aromatic nitrogens is 1. The third-order valence-electron chi connectivity index (χ3n) is 3.07. The van der Waals surface area contributed by atoms with Crippen molar-refractivity contribution in [2.75, 3.05) is 6.54 Å². The highest BCUT2D eigenvalue weighted by Gasteiger charge is 2.22. The number of carboxylic acids is 1. The fourth-order valence-electron chi connectivity index (χ4n) is 2.01. The molecule has 2 rings (SSSR count). The van der Waals surface area contributed by atoms with Crippen molar-refractivity contribution in [1.29, 1.82) is 0 Å². The Morgan fingerprint density at radius 1 is 1.36 bits per heavy atom. The van der Waals surface area contributed by atoms with Gasteiger partial charge in [0.15, 0.2) is 0 Å². The lowest BCUT2D eigenvalue weighted by molar-refractivity contribution is -0.137. The first-order chi connectivity index (χ1) is 10.5. The molecule has 2 N–H and O–H groups in total. The normalized spacial score (nSPS) is 10.5. The summed E-state index contributed by atoms with van der Waals surface area (Å²) in [5, 5.41) is 15.6. The van der Waals surface area contributed by atoms with Crippen molar-refractivity contribution in [2.45, 2.75) is 19.8 Å². The molecule has 1 heterocycles.